The van der Waals surface area contributed by atoms with Gasteiger partial charge in [0.15, 0.2) is 0 Å². The molecule has 106 valence electrons. The van der Waals surface area contributed by atoms with E-state index in [9.17, 15) is 23.6 Å². The second kappa shape index (κ2) is 6.29. The summed E-state index contributed by atoms with van der Waals surface area (Å²) in [5, 5.41) is 19.8. The molecule has 2 N–H and O–H groups in total. The average Bonchev–Trinajstić information content (AvgIpc) is 2.35. The molecule has 1 aromatic carbocycles. The molecule has 0 bridgehead atoms. The molecule has 0 fully saturated rings. The van der Waals surface area contributed by atoms with Crippen LogP contribution in [0.4, 0.5) is 5.69 Å². The highest BCUT2D eigenvalue weighted by atomic mass is 35.5. The van der Waals surface area contributed by atoms with Gasteiger partial charge in [0, 0.05) is 12.6 Å². The molecule has 0 spiro atoms. The van der Waals surface area contributed by atoms with Gasteiger partial charge in [-0.15, -0.1) is 0 Å². The van der Waals surface area contributed by atoms with Gasteiger partial charge in [0.25, 0.3) is 5.69 Å². The fraction of sp³-hybridized carbons (Fsp3) is 0.400. The van der Waals surface area contributed by atoms with Crippen molar-refractivity contribution in [3.8, 4) is 0 Å². The fourth-order valence-electron chi connectivity index (χ4n) is 1.23. The minimum Gasteiger partial charge on any atom is -0.392 e. The van der Waals surface area contributed by atoms with Gasteiger partial charge >= 0.3 is 0 Å². The second-order valence-corrected chi connectivity index (χ2v) is 5.96. The summed E-state index contributed by atoms with van der Waals surface area (Å²) in [7, 11) is -3.91. The van der Waals surface area contributed by atoms with Gasteiger partial charge in [0.2, 0.25) is 10.0 Å². The standard InChI is InChI=1S/C10H13ClN2O5S/c1-2-7(14)6-12-19(17,18)8-3-4-9(11)10(5-8)13(15)16/h3-5,7,12,14H,2,6H2,1H3. The van der Waals surface area contributed by atoms with E-state index in [4.69, 9.17) is 11.6 Å². The molecule has 0 aliphatic rings. The van der Waals surface area contributed by atoms with Crippen molar-refractivity contribution in [1.82, 2.24) is 4.72 Å². The van der Waals surface area contributed by atoms with E-state index in [1.807, 2.05) is 0 Å². The summed E-state index contributed by atoms with van der Waals surface area (Å²) in [6, 6.07) is 3.18. The van der Waals surface area contributed by atoms with Gasteiger partial charge in [0.1, 0.15) is 5.02 Å². The van der Waals surface area contributed by atoms with E-state index >= 15 is 0 Å². The number of hydrogen-bond donors (Lipinski definition) is 2. The molecule has 7 nitrogen and oxygen atoms in total. The van der Waals surface area contributed by atoms with Crippen molar-refractivity contribution >= 4 is 27.3 Å². The van der Waals surface area contributed by atoms with Crippen LogP contribution in [0, 0.1) is 10.1 Å². The Morgan fingerprint density at radius 3 is 2.68 bits per heavy atom. The Balaban J connectivity index is 3.02. The molecule has 19 heavy (non-hydrogen) atoms. The topological polar surface area (TPSA) is 110 Å². The molecule has 1 aromatic rings. The first-order valence-electron chi connectivity index (χ1n) is 5.39. The zero-order valence-corrected chi connectivity index (χ0v) is 11.6. The first-order valence-corrected chi connectivity index (χ1v) is 7.25. The van der Waals surface area contributed by atoms with Crippen molar-refractivity contribution in [2.45, 2.75) is 24.3 Å². The van der Waals surface area contributed by atoms with Crippen molar-refractivity contribution < 1.29 is 18.4 Å². The maximum Gasteiger partial charge on any atom is 0.289 e. The maximum atomic E-state index is 11.9. The molecule has 1 atom stereocenters. The third-order valence-corrected chi connectivity index (χ3v) is 4.15. The zero-order chi connectivity index (χ0) is 14.6. The van der Waals surface area contributed by atoms with E-state index in [-0.39, 0.29) is 16.5 Å². The highest BCUT2D eigenvalue weighted by Gasteiger charge is 2.21. The molecular formula is C10H13ClN2O5S. The Morgan fingerprint density at radius 1 is 1.53 bits per heavy atom. The van der Waals surface area contributed by atoms with Gasteiger partial charge in [-0.25, -0.2) is 13.1 Å². The average molecular weight is 309 g/mol. The van der Waals surface area contributed by atoms with Crippen LogP contribution >= 0.6 is 11.6 Å². The van der Waals surface area contributed by atoms with E-state index in [0.29, 0.717) is 6.42 Å². The van der Waals surface area contributed by atoms with E-state index < -0.39 is 26.7 Å². The smallest absolute Gasteiger partial charge is 0.289 e. The third-order valence-electron chi connectivity index (χ3n) is 2.40. The van der Waals surface area contributed by atoms with Crippen LogP contribution in [0.2, 0.25) is 5.02 Å². The van der Waals surface area contributed by atoms with E-state index in [0.717, 1.165) is 18.2 Å². The monoisotopic (exact) mass is 308 g/mol. The van der Waals surface area contributed by atoms with Crippen LogP contribution in [0.5, 0.6) is 0 Å². The number of aliphatic hydroxyl groups is 1. The highest BCUT2D eigenvalue weighted by molar-refractivity contribution is 7.89. The van der Waals surface area contributed by atoms with Crippen molar-refractivity contribution in [3.63, 3.8) is 0 Å². The van der Waals surface area contributed by atoms with Crippen LogP contribution in [0.25, 0.3) is 0 Å². The number of sulfonamides is 1. The van der Waals surface area contributed by atoms with Crippen molar-refractivity contribution in [2.75, 3.05) is 6.54 Å². The van der Waals surface area contributed by atoms with E-state index in [1.165, 1.54) is 0 Å². The van der Waals surface area contributed by atoms with Crippen LogP contribution in [-0.4, -0.2) is 31.1 Å². The number of halogens is 1. The lowest BCUT2D eigenvalue weighted by Crippen LogP contribution is -2.31. The van der Waals surface area contributed by atoms with Crippen molar-refractivity contribution in [1.29, 1.82) is 0 Å². The van der Waals surface area contributed by atoms with Crippen molar-refractivity contribution in [3.05, 3.63) is 33.3 Å². The Hall–Kier alpha value is -1.22. The second-order valence-electron chi connectivity index (χ2n) is 3.78. The molecule has 1 unspecified atom stereocenters. The summed E-state index contributed by atoms with van der Waals surface area (Å²) in [6.45, 7) is 1.54. The normalized spacial score (nSPS) is 13.2. The lowest BCUT2D eigenvalue weighted by Gasteiger charge is -2.10. The Bertz CT molecular complexity index is 575. The van der Waals surface area contributed by atoms with Crippen LogP contribution in [0.3, 0.4) is 0 Å². The molecule has 0 aromatic heterocycles. The summed E-state index contributed by atoms with van der Waals surface area (Å²) >= 11 is 5.59. The summed E-state index contributed by atoms with van der Waals surface area (Å²) in [5.74, 6) is 0. The predicted octanol–water partition coefficient (Wildman–Crippen LogP) is 1.30. The van der Waals surface area contributed by atoms with E-state index in [1.54, 1.807) is 6.92 Å². The number of aliphatic hydroxyl groups excluding tert-OH is 1. The van der Waals surface area contributed by atoms with Crippen molar-refractivity contribution in [2.24, 2.45) is 0 Å². The van der Waals surface area contributed by atoms with Crippen LogP contribution in [0.1, 0.15) is 13.3 Å². The molecule has 0 amide bonds. The van der Waals surface area contributed by atoms with Gasteiger partial charge < -0.3 is 5.11 Å². The quantitative estimate of drug-likeness (QED) is 0.608. The van der Waals surface area contributed by atoms with E-state index in [2.05, 4.69) is 4.72 Å². The molecule has 9 heteroatoms. The molecule has 0 radical (unpaired) electrons. The number of nitro groups is 1. The molecule has 1 rings (SSSR count). The molecule has 0 heterocycles. The minimum absolute atomic E-state index is 0.141. The first-order chi connectivity index (χ1) is 8.77. The van der Waals surface area contributed by atoms with Gasteiger partial charge in [-0.2, -0.15) is 0 Å². The third kappa shape index (κ3) is 4.13. The number of benzene rings is 1. The van der Waals surface area contributed by atoms with Gasteiger partial charge in [-0.05, 0) is 18.6 Å². The number of hydrogen-bond acceptors (Lipinski definition) is 5. The summed E-state index contributed by atoms with van der Waals surface area (Å²) in [6.07, 6.45) is -0.416. The van der Waals surface area contributed by atoms with Gasteiger partial charge in [0.05, 0.1) is 15.9 Å². The van der Waals surface area contributed by atoms with Gasteiger partial charge in [-0.3, -0.25) is 10.1 Å². The molecule has 0 aliphatic heterocycles. The number of nitrogens with zero attached hydrogens (tertiary/aromatic N) is 1. The fourth-order valence-corrected chi connectivity index (χ4v) is 2.51. The predicted molar refractivity (Wildman–Crippen MR) is 69.6 cm³/mol. The Kier molecular flexibility index (Phi) is 5.24. The molecule has 0 saturated carbocycles. The minimum atomic E-state index is -3.91. The van der Waals surface area contributed by atoms with Crippen LogP contribution in [0.15, 0.2) is 23.1 Å². The maximum absolute atomic E-state index is 11.9. The van der Waals surface area contributed by atoms with Gasteiger partial charge in [-0.1, -0.05) is 18.5 Å². The largest absolute Gasteiger partial charge is 0.392 e. The lowest BCUT2D eigenvalue weighted by molar-refractivity contribution is -0.384. The number of rotatable bonds is 6. The Morgan fingerprint density at radius 2 is 2.16 bits per heavy atom. The summed E-state index contributed by atoms with van der Waals surface area (Å²) < 4.78 is 25.9. The highest BCUT2D eigenvalue weighted by Crippen LogP contribution is 2.26. The Labute approximate surface area is 115 Å². The van der Waals surface area contributed by atoms with Crippen LogP contribution in [-0.2, 0) is 10.0 Å². The molecule has 0 saturated heterocycles. The summed E-state index contributed by atoms with van der Waals surface area (Å²) in [5.41, 5.74) is -0.486. The van der Waals surface area contributed by atoms with Crippen LogP contribution < -0.4 is 4.72 Å². The number of nitro benzene ring substituents is 1. The first kappa shape index (κ1) is 15.8. The number of nitrogens with one attached hydrogen (secondary N) is 1. The molecule has 0 aliphatic carbocycles. The summed E-state index contributed by atoms with van der Waals surface area (Å²) in [4.78, 5) is 9.65. The lowest BCUT2D eigenvalue weighted by atomic mass is 10.3. The molecular weight excluding hydrogens is 296 g/mol. The SMILES string of the molecule is CCC(O)CNS(=O)(=O)c1ccc(Cl)c([N+](=O)[O-])c1. The zero-order valence-electron chi connectivity index (χ0n) is 10.0.